The number of hydrogen-bond donors (Lipinski definition) is 0. The van der Waals surface area contributed by atoms with Crippen LogP contribution in [0, 0.1) is 12.7 Å². The number of aryl methyl sites for hydroxylation is 1. The molecule has 3 rings (SSSR count). The van der Waals surface area contributed by atoms with Crippen LogP contribution >= 0.6 is 11.6 Å². The zero-order chi connectivity index (χ0) is 18.7. The lowest BCUT2D eigenvalue weighted by atomic mass is 10.1. The molecule has 0 aliphatic rings. The minimum absolute atomic E-state index is 0.103. The lowest BCUT2D eigenvalue weighted by Gasteiger charge is -2.07. The highest BCUT2D eigenvalue weighted by molar-refractivity contribution is 6.32. The van der Waals surface area contributed by atoms with E-state index in [0.29, 0.717) is 27.1 Å². The third-order valence-corrected chi connectivity index (χ3v) is 4.17. The van der Waals surface area contributed by atoms with E-state index in [4.69, 9.17) is 20.8 Å². The molecule has 0 aliphatic heterocycles. The van der Waals surface area contributed by atoms with Gasteiger partial charge in [0, 0.05) is 28.1 Å². The summed E-state index contributed by atoms with van der Waals surface area (Å²) in [6.45, 7) is 1.70. The largest absolute Gasteiger partial charge is 0.458 e. The molecule has 6 heteroatoms. The molecule has 0 bridgehead atoms. The fraction of sp³-hybridized carbons (Fsp3) is 0.100. The van der Waals surface area contributed by atoms with Gasteiger partial charge in [0.2, 0.25) is 0 Å². The number of benzene rings is 2. The Morgan fingerprint density at radius 1 is 1.23 bits per heavy atom. The summed E-state index contributed by atoms with van der Waals surface area (Å²) in [6.07, 6.45) is 2.75. The second-order valence-electron chi connectivity index (χ2n) is 5.68. The monoisotopic (exact) mass is 372 g/mol. The lowest BCUT2D eigenvalue weighted by Crippen LogP contribution is -2.05. The summed E-state index contributed by atoms with van der Waals surface area (Å²) < 4.78 is 23.2. The zero-order valence-electron chi connectivity index (χ0n) is 13.8. The first-order chi connectivity index (χ1) is 12.4. The lowest BCUT2D eigenvalue weighted by molar-refractivity contribution is -0.138. The number of carbonyl (C=O) groups is 1. The van der Waals surface area contributed by atoms with Gasteiger partial charge in [-0.1, -0.05) is 23.7 Å². The average molecular weight is 373 g/mol. The number of fused-ring (bicyclic) bond motifs is 1. The summed E-state index contributed by atoms with van der Waals surface area (Å²) in [5.41, 5.74) is 1.79. The minimum atomic E-state index is -0.589. The summed E-state index contributed by atoms with van der Waals surface area (Å²) in [4.78, 5) is 23.6. The normalized spacial score (nSPS) is 11.2. The van der Waals surface area contributed by atoms with Crippen LogP contribution < -0.4 is 5.63 Å². The van der Waals surface area contributed by atoms with Crippen LogP contribution in [0.5, 0.6) is 0 Å². The topological polar surface area (TPSA) is 56.5 Å². The first kappa shape index (κ1) is 17.9. The van der Waals surface area contributed by atoms with Gasteiger partial charge in [0.15, 0.2) is 0 Å². The molecule has 26 heavy (non-hydrogen) atoms. The van der Waals surface area contributed by atoms with Crippen LogP contribution in [0.1, 0.15) is 16.7 Å². The van der Waals surface area contributed by atoms with E-state index in [1.807, 2.05) is 0 Å². The number of ether oxygens (including phenoxy) is 1. The molecule has 3 aromatic rings. The van der Waals surface area contributed by atoms with E-state index >= 15 is 0 Å². The van der Waals surface area contributed by atoms with Gasteiger partial charge in [-0.05, 0) is 48.4 Å². The van der Waals surface area contributed by atoms with Crippen molar-refractivity contribution in [2.24, 2.45) is 0 Å². The van der Waals surface area contributed by atoms with Crippen LogP contribution in [0.3, 0.4) is 0 Å². The van der Waals surface area contributed by atoms with Crippen molar-refractivity contribution in [3.8, 4) is 0 Å². The van der Waals surface area contributed by atoms with E-state index in [1.165, 1.54) is 30.4 Å². The molecular formula is C20H14ClFO4. The number of carbonyl (C=O) groups excluding carboxylic acids is 1. The number of esters is 1. The Hall–Kier alpha value is -2.92. The fourth-order valence-electron chi connectivity index (χ4n) is 2.40. The van der Waals surface area contributed by atoms with E-state index in [-0.39, 0.29) is 12.4 Å². The van der Waals surface area contributed by atoms with Crippen molar-refractivity contribution in [1.82, 2.24) is 0 Å². The molecule has 0 saturated heterocycles. The van der Waals surface area contributed by atoms with Gasteiger partial charge in [-0.3, -0.25) is 0 Å². The molecule has 0 amide bonds. The van der Waals surface area contributed by atoms with Gasteiger partial charge in [-0.2, -0.15) is 0 Å². The quantitative estimate of drug-likeness (QED) is 0.380. The SMILES string of the molecule is Cc1cc2oc(=O)cc(COC(=O)/C=C/c3ccc(F)cc3)c2cc1Cl. The zero-order valence-corrected chi connectivity index (χ0v) is 14.5. The van der Waals surface area contributed by atoms with E-state index in [9.17, 15) is 14.0 Å². The van der Waals surface area contributed by atoms with E-state index < -0.39 is 11.6 Å². The Morgan fingerprint density at radius 2 is 1.96 bits per heavy atom. The van der Waals surface area contributed by atoms with Gasteiger partial charge in [-0.25, -0.2) is 14.0 Å². The van der Waals surface area contributed by atoms with Gasteiger partial charge in [-0.15, -0.1) is 0 Å². The van der Waals surface area contributed by atoms with Crippen molar-refractivity contribution in [2.75, 3.05) is 0 Å². The van der Waals surface area contributed by atoms with Crippen LogP contribution in [0.25, 0.3) is 17.0 Å². The predicted octanol–water partition coefficient (Wildman–Crippen LogP) is 4.65. The second kappa shape index (κ2) is 7.54. The first-order valence-electron chi connectivity index (χ1n) is 7.75. The van der Waals surface area contributed by atoms with Gasteiger partial charge in [0.05, 0.1) is 0 Å². The molecule has 0 radical (unpaired) electrons. The van der Waals surface area contributed by atoms with E-state index in [2.05, 4.69) is 0 Å². The maximum Gasteiger partial charge on any atom is 0.336 e. The Morgan fingerprint density at radius 3 is 2.69 bits per heavy atom. The van der Waals surface area contributed by atoms with Crippen LogP contribution in [-0.2, 0) is 16.1 Å². The molecule has 0 saturated carbocycles. The summed E-state index contributed by atoms with van der Waals surface area (Å²) in [7, 11) is 0. The van der Waals surface area contributed by atoms with Crippen LogP contribution in [0.4, 0.5) is 4.39 Å². The first-order valence-corrected chi connectivity index (χ1v) is 8.13. The van der Waals surface area contributed by atoms with Crippen molar-refractivity contribution in [3.05, 3.63) is 86.5 Å². The van der Waals surface area contributed by atoms with Crippen molar-refractivity contribution >= 4 is 34.6 Å². The molecule has 0 fully saturated rings. The highest BCUT2D eigenvalue weighted by Gasteiger charge is 2.10. The second-order valence-corrected chi connectivity index (χ2v) is 6.09. The third-order valence-electron chi connectivity index (χ3n) is 3.76. The molecule has 0 atom stereocenters. The van der Waals surface area contributed by atoms with Crippen molar-refractivity contribution in [3.63, 3.8) is 0 Å². The molecule has 0 N–H and O–H groups in total. The molecule has 1 heterocycles. The van der Waals surface area contributed by atoms with Crippen molar-refractivity contribution in [2.45, 2.75) is 13.5 Å². The standard InChI is InChI=1S/C20H14ClFO4/c1-12-8-18-16(10-17(12)21)14(9-20(24)26-18)11-25-19(23)7-4-13-2-5-15(22)6-3-13/h2-10H,11H2,1H3/b7-4+. The number of halogens is 2. The Labute approximate surface area is 153 Å². The molecule has 0 spiro atoms. The van der Waals surface area contributed by atoms with Crippen LogP contribution in [0.2, 0.25) is 5.02 Å². The smallest absolute Gasteiger partial charge is 0.336 e. The van der Waals surface area contributed by atoms with Crippen LogP contribution in [-0.4, -0.2) is 5.97 Å². The highest BCUT2D eigenvalue weighted by atomic mass is 35.5. The van der Waals surface area contributed by atoms with Gasteiger partial charge in [0.1, 0.15) is 18.0 Å². The molecule has 1 aromatic heterocycles. The number of rotatable bonds is 4. The Bertz CT molecular complexity index is 1050. The van der Waals surface area contributed by atoms with E-state index in [0.717, 1.165) is 5.56 Å². The summed E-state index contributed by atoms with van der Waals surface area (Å²) in [5, 5.41) is 1.13. The highest BCUT2D eigenvalue weighted by Crippen LogP contribution is 2.25. The third kappa shape index (κ3) is 4.18. The summed E-state index contributed by atoms with van der Waals surface area (Å²) in [5.74, 6) is -0.942. The molecular weight excluding hydrogens is 359 g/mol. The maximum atomic E-state index is 12.8. The van der Waals surface area contributed by atoms with Gasteiger partial charge >= 0.3 is 11.6 Å². The van der Waals surface area contributed by atoms with Crippen molar-refractivity contribution < 1.29 is 18.3 Å². The van der Waals surface area contributed by atoms with Gasteiger partial charge < -0.3 is 9.15 Å². The van der Waals surface area contributed by atoms with Gasteiger partial charge in [0.25, 0.3) is 0 Å². The average Bonchev–Trinajstić information content (AvgIpc) is 2.60. The minimum Gasteiger partial charge on any atom is -0.458 e. The Kier molecular flexibility index (Phi) is 5.19. The Balaban J connectivity index is 1.76. The molecule has 4 nitrogen and oxygen atoms in total. The predicted molar refractivity (Wildman–Crippen MR) is 97.5 cm³/mol. The van der Waals surface area contributed by atoms with Crippen molar-refractivity contribution in [1.29, 1.82) is 0 Å². The summed E-state index contributed by atoms with van der Waals surface area (Å²) in [6, 6.07) is 10.3. The molecule has 2 aromatic carbocycles. The molecule has 0 unspecified atom stereocenters. The van der Waals surface area contributed by atoms with Crippen LogP contribution in [0.15, 0.2) is 57.8 Å². The molecule has 0 aliphatic carbocycles. The maximum absolute atomic E-state index is 12.8. The number of hydrogen-bond acceptors (Lipinski definition) is 4. The summed E-state index contributed by atoms with van der Waals surface area (Å²) >= 11 is 6.13. The molecule has 132 valence electrons. The van der Waals surface area contributed by atoms with E-state index in [1.54, 1.807) is 31.2 Å². The fourth-order valence-corrected chi connectivity index (χ4v) is 2.57.